The number of nitrogens with one attached hydrogen (secondary N) is 5. The Morgan fingerprint density at radius 3 is 2.02 bits per heavy atom. The molecule has 5 amide bonds. The van der Waals surface area contributed by atoms with Crippen LogP contribution < -0.4 is 26.6 Å². The van der Waals surface area contributed by atoms with Crippen molar-refractivity contribution in [1.82, 2.24) is 26.6 Å². The van der Waals surface area contributed by atoms with Gasteiger partial charge in [-0.15, -0.1) is 12.3 Å². The van der Waals surface area contributed by atoms with Gasteiger partial charge in [0.15, 0.2) is 0 Å². The molecule has 0 bridgehead atoms. The minimum absolute atomic E-state index is 0.0422. The van der Waals surface area contributed by atoms with Crippen molar-refractivity contribution in [2.45, 2.75) is 117 Å². The summed E-state index contributed by atoms with van der Waals surface area (Å²) in [5, 5.41) is 21.5. The molecule has 14 heteroatoms. The number of aliphatic carboxylic acids is 1. The number of hydrogen-bond acceptors (Lipinski definition) is 8. The molecule has 258 valence electrons. The van der Waals surface area contributed by atoms with E-state index in [2.05, 4.69) is 32.5 Å². The van der Waals surface area contributed by atoms with Crippen molar-refractivity contribution in [2.24, 2.45) is 17.8 Å². The summed E-state index contributed by atoms with van der Waals surface area (Å²) in [6.07, 6.45) is 9.15. The summed E-state index contributed by atoms with van der Waals surface area (Å²) in [4.78, 5) is 88.5. The summed E-state index contributed by atoms with van der Waals surface area (Å²) in [5.74, 6) is -3.55. The molecule has 0 aromatic heterocycles. The Balaban J connectivity index is 3.00. The molecule has 0 aliphatic heterocycles. The van der Waals surface area contributed by atoms with Crippen molar-refractivity contribution in [2.75, 3.05) is 13.2 Å². The zero-order chi connectivity index (χ0) is 34.8. The van der Waals surface area contributed by atoms with Crippen LogP contribution in [0.1, 0.15) is 92.4 Å². The second-order valence-corrected chi connectivity index (χ2v) is 12.5. The zero-order valence-electron chi connectivity index (χ0n) is 27.6. The molecule has 6 N–H and O–H groups in total. The highest BCUT2D eigenvalue weighted by molar-refractivity contribution is 6.38. The van der Waals surface area contributed by atoms with Crippen molar-refractivity contribution in [3.05, 3.63) is 0 Å². The average molecular weight is 650 g/mol. The lowest BCUT2D eigenvalue weighted by Crippen LogP contribution is -2.58. The van der Waals surface area contributed by atoms with Crippen molar-refractivity contribution >= 4 is 41.5 Å². The first-order chi connectivity index (χ1) is 21.7. The molecule has 0 aromatic carbocycles. The largest absolute Gasteiger partial charge is 0.480 e. The molecule has 2 unspecified atom stereocenters. The molecule has 1 rings (SSSR count). The molecular weight excluding hydrogens is 598 g/mol. The van der Waals surface area contributed by atoms with Crippen LogP contribution in [0.3, 0.4) is 0 Å². The van der Waals surface area contributed by atoms with Crippen molar-refractivity contribution in [1.29, 1.82) is 0 Å². The van der Waals surface area contributed by atoms with Gasteiger partial charge in [-0.1, -0.05) is 60.3 Å². The van der Waals surface area contributed by atoms with Crippen molar-refractivity contribution in [3.8, 4) is 12.3 Å². The van der Waals surface area contributed by atoms with Crippen molar-refractivity contribution < 1.29 is 43.4 Å². The lowest BCUT2D eigenvalue weighted by atomic mass is 9.83. The predicted molar refractivity (Wildman–Crippen MR) is 169 cm³/mol. The van der Waals surface area contributed by atoms with E-state index in [1.54, 1.807) is 6.92 Å². The number of carbonyl (C=O) groups excluding carboxylic acids is 6. The fourth-order valence-corrected chi connectivity index (χ4v) is 5.04. The third-order valence-corrected chi connectivity index (χ3v) is 7.36. The first-order valence-electron chi connectivity index (χ1n) is 16.0. The Morgan fingerprint density at radius 2 is 1.48 bits per heavy atom. The van der Waals surface area contributed by atoms with Gasteiger partial charge in [0, 0.05) is 6.42 Å². The molecule has 0 heterocycles. The maximum Gasteiger partial charge on any atom is 0.407 e. The molecule has 0 saturated heterocycles. The van der Waals surface area contributed by atoms with Gasteiger partial charge in [-0.05, 0) is 43.4 Å². The van der Waals surface area contributed by atoms with Gasteiger partial charge in [0.1, 0.15) is 18.1 Å². The van der Waals surface area contributed by atoms with Gasteiger partial charge < -0.3 is 36.4 Å². The van der Waals surface area contributed by atoms with E-state index < -0.39 is 72.2 Å². The lowest BCUT2D eigenvalue weighted by molar-refractivity contribution is -0.142. The van der Waals surface area contributed by atoms with Crippen LogP contribution in [0.2, 0.25) is 0 Å². The van der Waals surface area contributed by atoms with Crippen molar-refractivity contribution in [3.63, 3.8) is 0 Å². The first-order valence-corrected chi connectivity index (χ1v) is 16.0. The number of ketones is 1. The lowest BCUT2D eigenvalue weighted by Gasteiger charge is -2.31. The van der Waals surface area contributed by atoms with Crippen LogP contribution in [-0.2, 0) is 33.5 Å². The Labute approximate surface area is 271 Å². The van der Waals surface area contributed by atoms with E-state index in [-0.39, 0.29) is 43.6 Å². The monoisotopic (exact) mass is 649 g/mol. The molecule has 1 aliphatic rings. The van der Waals surface area contributed by atoms with E-state index in [0.29, 0.717) is 6.42 Å². The number of rotatable bonds is 19. The van der Waals surface area contributed by atoms with Crippen LogP contribution in [0.4, 0.5) is 4.79 Å². The normalized spacial score (nSPS) is 15.8. The second-order valence-electron chi connectivity index (χ2n) is 12.5. The Morgan fingerprint density at radius 1 is 0.848 bits per heavy atom. The maximum atomic E-state index is 13.6. The summed E-state index contributed by atoms with van der Waals surface area (Å²) in [6.45, 7) is 8.75. The molecule has 0 aromatic rings. The molecule has 1 saturated carbocycles. The van der Waals surface area contributed by atoms with E-state index in [1.165, 1.54) is 0 Å². The summed E-state index contributed by atoms with van der Waals surface area (Å²) >= 11 is 0. The van der Waals surface area contributed by atoms with Gasteiger partial charge in [-0.2, -0.15) is 0 Å². The number of carboxylic acid groups (broad SMARTS) is 1. The Bertz CT molecular complexity index is 1110. The quantitative estimate of drug-likeness (QED) is 0.0882. The topological polar surface area (TPSA) is 209 Å². The van der Waals surface area contributed by atoms with E-state index in [1.807, 2.05) is 27.7 Å². The fraction of sp³-hybridized carbons (Fsp3) is 0.719. The third kappa shape index (κ3) is 14.8. The average Bonchev–Trinajstić information content (AvgIpc) is 3.00. The molecule has 4 atom stereocenters. The molecule has 14 nitrogen and oxygen atoms in total. The van der Waals surface area contributed by atoms with Crippen LogP contribution in [0.5, 0.6) is 0 Å². The number of ether oxygens (including phenoxy) is 1. The number of Topliss-reactive ketones (excluding diaryl/α,β-unsaturated/α-hetero) is 1. The van der Waals surface area contributed by atoms with Crippen LogP contribution in [-0.4, -0.2) is 83.9 Å². The Hall–Kier alpha value is -4.15. The van der Waals surface area contributed by atoms with Crippen LogP contribution >= 0.6 is 0 Å². The van der Waals surface area contributed by atoms with Crippen LogP contribution in [0, 0.1) is 30.1 Å². The molecule has 0 radical (unpaired) electrons. The zero-order valence-corrected chi connectivity index (χ0v) is 27.6. The highest BCUT2D eigenvalue weighted by atomic mass is 16.5. The van der Waals surface area contributed by atoms with Gasteiger partial charge in [-0.3, -0.25) is 24.0 Å². The SMILES string of the molecule is C#CCC(NC(=O)CNC(=O)C(=O)C(CCC)NC(=O)[C@H](CC(C)C)NC(=O)[C@@H](NC(=O)OCC(C)C)C1CCCCC1)C(=O)O. The molecule has 1 fully saturated rings. The first kappa shape index (κ1) is 39.9. The highest BCUT2D eigenvalue weighted by Crippen LogP contribution is 2.27. The molecular formula is C32H51N5O9. The van der Waals surface area contributed by atoms with Gasteiger partial charge in [0.05, 0.1) is 19.2 Å². The minimum atomic E-state index is -1.36. The second kappa shape index (κ2) is 20.8. The standard InChI is InChI=1S/C32H51N5O9/c1-7-12-22(27(39)30(42)33-17-25(38)34-23(13-8-2)31(43)44)35-28(40)24(16-19(3)4)36-29(41)26(21-14-10-9-11-15-21)37-32(45)46-18-20(5)6/h2,19-24,26H,7,9-18H2,1,3-6H3,(H,33,42)(H,34,38)(H,35,40)(H,36,41)(H,37,45)(H,43,44)/t22?,23?,24-,26-/m0/s1. The van der Waals surface area contributed by atoms with E-state index in [9.17, 15) is 33.6 Å². The number of alkyl carbamates (subject to hydrolysis) is 1. The summed E-state index contributed by atoms with van der Waals surface area (Å²) in [5.41, 5.74) is 0. The fourth-order valence-electron chi connectivity index (χ4n) is 5.04. The predicted octanol–water partition coefficient (Wildman–Crippen LogP) is 1.41. The number of hydrogen-bond donors (Lipinski definition) is 6. The van der Waals surface area contributed by atoms with E-state index in [0.717, 1.165) is 32.1 Å². The van der Waals surface area contributed by atoms with Crippen LogP contribution in [0.15, 0.2) is 0 Å². The summed E-state index contributed by atoms with van der Waals surface area (Å²) in [6, 6.07) is -4.60. The van der Waals surface area contributed by atoms with Gasteiger partial charge in [0.2, 0.25) is 23.5 Å². The van der Waals surface area contributed by atoms with Crippen LogP contribution in [0.25, 0.3) is 0 Å². The number of carboxylic acids is 1. The summed E-state index contributed by atoms with van der Waals surface area (Å²) in [7, 11) is 0. The maximum absolute atomic E-state index is 13.6. The Kier molecular flexibility index (Phi) is 18.0. The third-order valence-electron chi connectivity index (χ3n) is 7.36. The van der Waals surface area contributed by atoms with Gasteiger partial charge in [-0.25, -0.2) is 9.59 Å². The number of amides is 5. The van der Waals surface area contributed by atoms with E-state index in [4.69, 9.17) is 16.3 Å². The van der Waals surface area contributed by atoms with E-state index >= 15 is 0 Å². The van der Waals surface area contributed by atoms with Gasteiger partial charge in [0.25, 0.3) is 5.91 Å². The molecule has 46 heavy (non-hydrogen) atoms. The molecule has 0 spiro atoms. The minimum Gasteiger partial charge on any atom is -0.480 e. The smallest absolute Gasteiger partial charge is 0.407 e. The summed E-state index contributed by atoms with van der Waals surface area (Å²) < 4.78 is 5.25. The van der Waals surface area contributed by atoms with Gasteiger partial charge >= 0.3 is 12.1 Å². The highest BCUT2D eigenvalue weighted by Gasteiger charge is 2.35. The number of terminal acetylenes is 1. The number of carbonyl (C=O) groups is 7. The molecule has 1 aliphatic carbocycles.